The molecule has 0 spiro atoms. The zero-order chi connectivity index (χ0) is 15.2. The van der Waals surface area contributed by atoms with Gasteiger partial charge < -0.3 is 14.8 Å². The van der Waals surface area contributed by atoms with Crippen molar-refractivity contribution in [3.63, 3.8) is 0 Å². The van der Waals surface area contributed by atoms with Gasteiger partial charge in [0.05, 0.1) is 14.2 Å². The summed E-state index contributed by atoms with van der Waals surface area (Å²) < 4.78 is 24.1. The third-order valence-electron chi connectivity index (χ3n) is 3.14. The number of benzene rings is 2. The SMILES string of the molecule is COc1ccc(CNCc2ccc(Cl)cc2F)c(OC)c1. The molecule has 1 N–H and O–H groups in total. The van der Waals surface area contributed by atoms with Crippen LogP contribution in [0.5, 0.6) is 11.5 Å². The molecule has 0 heterocycles. The smallest absolute Gasteiger partial charge is 0.129 e. The first-order valence-electron chi connectivity index (χ1n) is 6.49. The van der Waals surface area contributed by atoms with Crippen molar-refractivity contribution >= 4 is 11.6 Å². The molecule has 0 aromatic heterocycles. The van der Waals surface area contributed by atoms with Gasteiger partial charge in [0, 0.05) is 35.3 Å². The summed E-state index contributed by atoms with van der Waals surface area (Å²) in [7, 11) is 3.22. The molecule has 0 unspecified atom stereocenters. The average molecular weight is 310 g/mol. The number of hydrogen-bond donors (Lipinski definition) is 1. The fourth-order valence-corrected chi connectivity index (χ4v) is 2.15. The molecule has 2 rings (SSSR count). The Morgan fingerprint density at radius 3 is 2.38 bits per heavy atom. The molecule has 0 aliphatic carbocycles. The molecule has 0 bridgehead atoms. The van der Waals surface area contributed by atoms with Gasteiger partial charge in [-0.25, -0.2) is 4.39 Å². The number of rotatable bonds is 6. The molecule has 0 saturated carbocycles. The Kier molecular flexibility index (Phi) is 5.42. The first-order chi connectivity index (χ1) is 10.1. The van der Waals surface area contributed by atoms with Gasteiger partial charge >= 0.3 is 0 Å². The van der Waals surface area contributed by atoms with Crippen LogP contribution >= 0.6 is 11.6 Å². The van der Waals surface area contributed by atoms with Crippen LogP contribution in [0.3, 0.4) is 0 Å². The van der Waals surface area contributed by atoms with Gasteiger partial charge in [-0.1, -0.05) is 23.7 Å². The highest BCUT2D eigenvalue weighted by Crippen LogP contribution is 2.24. The van der Waals surface area contributed by atoms with E-state index in [0.717, 1.165) is 17.1 Å². The Bertz CT molecular complexity index is 619. The fraction of sp³-hybridized carbons (Fsp3) is 0.250. The average Bonchev–Trinajstić information content (AvgIpc) is 2.49. The zero-order valence-electron chi connectivity index (χ0n) is 12.0. The normalized spacial score (nSPS) is 10.5. The molecule has 0 aliphatic heterocycles. The summed E-state index contributed by atoms with van der Waals surface area (Å²) in [6, 6.07) is 10.3. The van der Waals surface area contributed by atoms with Crippen molar-refractivity contribution < 1.29 is 13.9 Å². The van der Waals surface area contributed by atoms with Gasteiger partial charge in [-0.2, -0.15) is 0 Å². The third-order valence-corrected chi connectivity index (χ3v) is 3.38. The lowest BCUT2D eigenvalue weighted by Crippen LogP contribution is -2.14. The minimum atomic E-state index is -0.309. The van der Waals surface area contributed by atoms with Crippen molar-refractivity contribution in [2.75, 3.05) is 14.2 Å². The van der Waals surface area contributed by atoms with E-state index in [4.69, 9.17) is 21.1 Å². The highest BCUT2D eigenvalue weighted by Gasteiger charge is 2.06. The zero-order valence-corrected chi connectivity index (χ0v) is 12.7. The van der Waals surface area contributed by atoms with Crippen molar-refractivity contribution in [2.24, 2.45) is 0 Å². The predicted octanol–water partition coefficient (Wildman–Crippen LogP) is 3.79. The van der Waals surface area contributed by atoms with E-state index in [9.17, 15) is 4.39 Å². The van der Waals surface area contributed by atoms with E-state index in [0.29, 0.717) is 23.7 Å². The van der Waals surface area contributed by atoms with Crippen LogP contribution in [-0.2, 0) is 13.1 Å². The van der Waals surface area contributed by atoms with Crippen molar-refractivity contribution in [1.82, 2.24) is 5.32 Å². The molecule has 3 nitrogen and oxygen atoms in total. The van der Waals surface area contributed by atoms with E-state index >= 15 is 0 Å². The van der Waals surface area contributed by atoms with Crippen LogP contribution in [0.15, 0.2) is 36.4 Å². The summed E-state index contributed by atoms with van der Waals surface area (Å²) in [6.45, 7) is 0.980. The second-order valence-corrected chi connectivity index (χ2v) is 4.95. The van der Waals surface area contributed by atoms with E-state index < -0.39 is 0 Å². The number of halogens is 2. The number of methoxy groups -OCH3 is 2. The molecule has 5 heteroatoms. The molecule has 21 heavy (non-hydrogen) atoms. The number of ether oxygens (including phenoxy) is 2. The third kappa shape index (κ3) is 4.09. The predicted molar refractivity (Wildman–Crippen MR) is 81.5 cm³/mol. The van der Waals surface area contributed by atoms with E-state index in [1.807, 2.05) is 18.2 Å². The summed E-state index contributed by atoms with van der Waals surface area (Å²) >= 11 is 5.73. The summed E-state index contributed by atoms with van der Waals surface area (Å²) in [5.74, 6) is 1.16. The highest BCUT2D eigenvalue weighted by atomic mass is 35.5. The van der Waals surface area contributed by atoms with Gasteiger partial charge in [0.25, 0.3) is 0 Å². The quantitative estimate of drug-likeness (QED) is 0.880. The molecule has 0 radical (unpaired) electrons. The lowest BCUT2D eigenvalue weighted by atomic mass is 10.1. The summed E-state index contributed by atoms with van der Waals surface area (Å²) in [6.07, 6.45) is 0. The van der Waals surface area contributed by atoms with E-state index in [1.165, 1.54) is 6.07 Å². The molecular formula is C16H17ClFNO2. The fourth-order valence-electron chi connectivity index (χ4n) is 1.99. The Morgan fingerprint density at radius 2 is 1.71 bits per heavy atom. The van der Waals surface area contributed by atoms with Crippen molar-refractivity contribution in [3.8, 4) is 11.5 Å². The molecule has 112 valence electrons. The van der Waals surface area contributed by atoms with Crippen LogP contribution in [0.1, 0.15) is 11.1 Å². The first kappa shape index (κ1) is 15.6. The highest BCUT2D eigenvalue weighted by molar-refractivity contribution is 6.30. The summed E-state index contributed by atoms with van der Waals surface area (Å²) in [5.41, 5.74) is 1.56. The molecule has 2 aromatic rings. The van der Waals surface area contributed by atoms with Crippen LogP contribution in [-0.4, -0.2) is 14.2 Å². The Balaban J connectivity index is 2.00. The lowest BCUT2D eigenvalue weighted by Gasteiger charge is -2.11. The van der Waals surface area contributed by atoms with Crippen molar-refractivity contribution in [1.29, 1.82) is 0 Å². The van der Waals surface area contributed by atoms with Gasteiger partial charge in [0.2, 0.25) is 0 Å². The van der Waals surface area contributed by atoms with Crippen LogP contribution < -0.4 is 14.8 Å². The maximum Gasteiger partial charge on any atom is 0.129 e. The number of hydrogen-bond acceptors (Lipinski definition) is 3. The van der Waals surface area contributed by atoms with Crippen LogP contribution in [0.2, 0.25) is 5.02 Å². The maximum atomic E-state index is 13.7. The van der Waals surface area contributed by atoms with Crippen LogP contribution in [0, 0.1) is 5.82 Å². The summed E-state index contributed by atoms with van der Waals surface area (Å²) in [4.78, 5) is 0. The lowest BCUT2D eigenvalue weighted by molar-refractivity contribution is 0.389. The van der Waals surface area contributed by atoms with Crippen LogP contribution in [0.4, 0.5) is 4.39 Å². The maximum absolute atomic E-state index is 13.7. The van der Waals surface area contributed by atoms with Gasteiger partial charge in [0.15, 0.2) is 0 Å². The van der Waals surface area contributed by atoms with Gasteiger partial charge in [-0.05, 0) is 18.2 Å². The summed E-state index contributed by atoms with van der Waals surface area (Å²) in [5, 5.41) is 3.58. The molecule has 0 fully saturated rings. The second kappa shape index (κ2) is 7.29. The topological polar surface area (TPSA) is 30.5 Å². The molecule has 0 saturated heterocycles. The Hall–Kier alpha value is -1.78. The van der Waals surface area contributed by atoms with E-state index in [2.05, 4.69) is 5.32 Å². The minimum absolute atomic E-state index is 0.309. The molecular weight excluding hydrogens is 293 g/mol. The van der Waals surface area contributed by atoms with E-state index in [-0.39, 0.29) is 5.82 Å². The van der Waals surface area contributed by atoms with E-state index in [1.54, 1.807) is 26.4 Å². The second-order valence-electron chi connectivity index (χ2n) is 4.52. The van der Waals surface area contributed by atoms with Gasteiger partial charge in [-0.3, -0.25) is 0 Å². The molecule has 2 aromatic carbocycles. The van der Waals surface area contributed by atoms with Crippen molar-refractivity contribution in [2.45, 2.75) is 13.1 Å². The minimum Gasteiger partial charge on any atom is -0.497 e. The van der Waals surface area contributed by atoms with Gasteiger partial charge in [-0.15, -0.1) is 0 Å². The van der Waals surface area contributed by atoms with Crippen molar-refractivity contribution in [3.05, 3.63) is 58.4 Å². The van der Waals surface area contributed by atoms with Crippen LogP contribution in [0.25, 0.3) is 0 Å². The Labute approximate surface area is 128 Å². The standard InChI is InChI=1S/C16H17ClFNO2/c1-20-14-6-4-12(16(8-14)21-2)10-19-9-11-3-5-13(17)7-15(11)18/h3-8,19H,9-10H2,1-2H3. The first-order valence-corrected chi connectivity index (χ1v) is 6.87. The van der Waals surface area contributed by atoms with Gasteiger partial charge in [0.1, 0.15) is 17.3 Å². The molecule has 0 aliphatic rings. The largest absolute Gasteiger partial charge is 0.497 e. The Morgan fingerprint density at radius 1 is 1.00 bits per heavy atom. The molecule has 0 amide bonds. The molecule has 0 atom stereocenters. The monoisotopic (exact) mass is 309 g/mol. The number of nitrogens with one attached hydrogen (secondary N) is 1.